The second-order valence-electron chi connectivity index (χ2n) is 7.56. The van der Waals surface area contributed by atoms with Crippen molar-refractivity contribution in [2.75, 3.05) is 27.0 Å². The van der Waals surface area contributed by atoms with Gasteiger partial charge in [-0.3, -0.25) is 4.79 Å². The van der Waals surface area contributed by atoms with Gasteiger partial charge in [0.2, 0.25) is 6.79 Å². The second kappa shape index (κ2) is 10.7. The van der Waals surface area contributed by atoms with Crippen LogP contribution in [-0.2, 0) is 18.0 Å². The third kappa shape index (κ3) is 5.10. The molecule has 2 N–H and O–H groups in total. The van der Waals surface area contributed by atoms with Crippen LogP contribution in [0.3, 0.4) is 0 Å². The molecule has 0 aromatic heterocycles. The molecule has 1 aliphatic rings. The van der Waals surface area contributed by atoms with Gasteiger partial charge < -0.3 is 24.8 Å². The van der Waals surface area contributed by atoms with E-state index in [1.54, 1.807) is 29.2 Å². The van der Waals surface area contributed by atoms with Gasteiger partial charge in [0.25, 0.3) is 10.8 Å². The number of amides is 1. The molecule has 0 bridgehead atoms. The minimum atomic E-state index is -0.271. The molecule has 0 fully saturated rings. The maximum absolute atomic E-state index is 13.6. The molecule has 3 aromatic carbocycles. The first-order valence-electron chi connectivity index (χ1n) is 10.8. The van der Waals surface area contributed by atoms with E-state index in [1.807, 2.05) is 36.4 Å². The molecule has 4 rings (SSSR count). The minimum Gasteiger partial charge on any atom is -0.488 e. The molecule has 9 heteroatoms. The highest BCUT2D eigenvalue weighted by Crippen LogP contribution is 2.38. The Kier molecular flexibility index (Phi) is 7.24. The first-order valence-corrected chi connectivity index (χ1v) is 10.8. The summed E-state index contributed by atoms with van der Waals surface area (Å²) < 4.78 is 16.8. The maximum Gasteiger partial charge on any atom is 0.325 e. The Hall–Kier alpha value is -4.11. The van der Waals surface area contributed by atoms with E-state index in [4.69, 9.17) is 24.8 Å². The number of carbonyl (C=O) groups is 1. The van der Waals surface area contributed by atoms with Crippen molar-refractivity contribution in [1.29, 1.82) is 0 Å². The molecule has 1 heterocycles. The van der Waals surface area contributed by atoms with Gasteiger partial charge >= 0.3 is 5.69 Å². The topological polar surface area (TPSA) is 103 Å². The van der Waals surface area contributed by atoms with Crippen LogP contribution < -0.4 is 19.9 Å². The minimum absolute atomic E-state index is 0.0572. The van der Waals surface area contributed by atoms with Crippen molar-refractivity contribution < 1.29 is 28.8 Å². The highest BCUT2D eigenvalue weighted by Gasteiger charge is 2.30. The Balaban J connectivity index is 1.60. The quantitative estimate of drug-likeness (QED) is 0.458. The molecule has 0 spiro atoms. The molecule has 1 aliphatic heterocycles. The summed E-state index contributed by atoms with van der Waals surface area (Å²) in [4.78, 5) is 32.7. The number of hydrogen-bond acceptors (Lipinski definition) is 7. The van der Waals surface area contributed by atoms with Crippen molar-refractivity contribution >= 4 is 11.6 Å². The number of benzene rings is 3. The van der Waals surface area contributed by atoms with Gasteiger partial charge in [-0.15, -0.1) is 0 Å². The summed E-state index contributed by atoms with van der Waals surface area (Å²) in [6, 6.07) is 20.0. The second-order valence-corrected chi connectivity index (χ2v) is 7.56. The van der Waals surface area contributed by atoms with Gasteiger partial charge in [0.1, 0.15) is 12.4 Å². The predicted octanol–water partition coefficient (Wildman–Crippen LogP) is 3.57. The predicted molar refractivity (Wildman–Crippen MR) is 124 cm³/mol. The third-order valence-electron chi connectivity index (χ3n) is 5.34. The number of rotatable bonds is 10. The van der Waals surface area contributed by atoms with Crippen LogP contribution in [-0.4, -0.2) is 42.7 Å². The van der Waals surface area contributed by atoms with Gasteiger partial charge in [-0.2, -0.15) is 0 Å². The molecule has 0 radical (unpaired) electrons. The zero-order chi connectivity index (χ0) is 23.9. The lowest BCUT2D eigenvalue weighted by Gasteiger charge is -2.23. The molecule has 0 unspecified atom stereocenters. The van der Waals surface area contributed by atoms with E-state index in [-0.39, 0.29) is 38.0 Å². The van der Waals surface area contributed by atoms with Crippen molar-refractivity contribution in [3.05, 3.63) is 88.3 Å². The number of fused-ring (bicyclic) bond motifs is 1. The third-order valence-corrected chi connectivity index (χ3v) is 5.34. The molecular weight excluding hydrogens is 438 g/mol. The average molecular weight is 464 g/mol. The maximum atomic E-state index is 13.6. The number of nitrogens with zero attached hydrogens (tertiary/aromatic N) is 2. The molecular formula is C25H26N3O6+. The van der Waals surface area contributed by atoms with E-state index in [2.05, 4.69) is 0 Å². The van der Waals surface area contributed by atoms with E-state index >= 15 is 0 Å². The molecule has 3 aromatic rings. The number of carbonyl (C=O) groups excluding carboxylic acids is 1. The molecule has 34 heavy (non-hydrogen) atoms. The van der Waals surface area contributed by atoms with Crippen molar-refractivity contribution in [3.63, 3.8) is 0 Å². The monoisotopic (exact) mass is 464 g/mol. The summed E-state index contributed by atoms with van der Waals surface area (Å²) in [6.45, 7) is 1.00. The number of hydrogen-bond donors (Lipinski definition) is 1. The van der Waals surface area contributed by atoms with Crippen LogP contribution in [0.4, 0.5) is 5.69 Å². The number of nitrogens with two attached hydrogens (primary N) is 1. The molecule has 0 saturated carbocycles. The highest BCUT2D eigenvalue weighted by molar-refractivity contribution is 5.97. The molecule has 0 atom stereocenters. The summed E-state index contributed by atoms with van der Waals surface area (Å²) in [6.07, 6.45) is 0. The first kappa shape index (κ1) is 23.1. The Morgan fingerprint density at radius 1 is 1.06 bits per heavy atom. The van der Waals surface area contributed by atoms with Gasteiger partial charge in [-0.05, 0) is 23.8 Å². The van der Waals surface area contributed by atoms with Crippen LogP contribution in [0.5, 0.6) is 17.2 Å². The number of para-hydroxylation sites is 1. The van der Waals surface area contributed by atoms with Gasteiger partial charge in [0.05, 0.1) is 28.6 Å². The van der Waals surface area contributed by atoms with Gasteiger partial charge in [-0.25, -0.2) is 4.84 Å². The Morgan fingerprint density at radius 2 is 1.76 bits per heavy atom. The standard InChI is InChI=1S/C25H26N3O6/c1-31-28(30)21-14-24-23(33-17-34-24)13-19(21)15-27(12-11-26)25(29)20-9-5-6-10-22(20)32-16-18-7-3-2-4-8-18/h2-10,13-14H,11-12,15-17,26H2,1H3/q+1. The molecule has 0 aliphatic carbocycles. The average Bonchev–Trinajstić information content (AvgIpc) is 3.34. The Labute approximate surface area is 197 Å². The lowest BCUT2D eigenvalue weighted by molar-refractivity contribution is -0.737. The highest BCUT2D eigenvalue weighted by atomic mass is 16.8. The van der Waals surface area contributed by atoms with Crippen LogP contribution in [0.1, 0.15) is 21.5 Å². The summed E-state index contributed by atoms with van der Waals surface area (Å²) in [5.74, 6) is 1.13. The molecule has 0 saturated heterocycles. The van der Waals surface area contributed by atoms with Crippen LogP contribution >= 0.6 is 0 Å². The zero-order valence-electron chi connectivity index (χ0n) is 18.8. The lowest BCUT2D eigenvalue weighted by Crippen LogP contribution is -2.35. The van der Waals surface area contributed by atoms with Crippen molar-refractivity contribution in [2.24, 2.45) is 5.73 Å². The van der Waals surface area contributed by atoms with Crippen molar-refractivity contribution in [3.8, 4) is 17.2 Å². The van der Waals surface area contributed by atoms with E-state index < -0.39 is 0 Å². The van der Waals surface area contributed by atoms with Crippen LogP contribution in [0.2, 0.25) is 0 Å². The van der Waals surface area contributed by atoms with E-state index in [1.165, 1.54) is 13.2 Å². The van der Waals surface area contributed by atoms with Crippen LogP contribution in [0.15, 0.2) is 66.7 Å². The Morgan fingerprint density at radius 3 is 2.50 bits per heavy atom. The van der Waals surface area contributed by atoms with Crippen LogP contribution in [0, 0.1) is 4.91 Å². The zero-order valence-corrected chi connectivity index (χ0v) is 18.8. The lowest BCUT2D eigenvalue weighted by atomic mass is 10.1. The summed E-state index contributed by atoms with van der Waals surface area (Å²) in [5, 5.41) is 0. The van der Waals surface area contributed by atoms with Gasteiger partial charge in [0, 0.05) is 13.1 Å². The van der Waals surface area contributed by atoms with Gasteiger partial charge in [-0.1, -0.05) is 42.5 Å². The largest absolute Gasteiger partial charge is 0.488 e. The fourth-order valence-electron chi connectivity index (χ4n) is 3.66. The Bertz CT molecular complexity index is 1170. The van der Waals surface area contributed by atoms with Crippen molar-refractivity contribution in [2.45, 2.75) is 13.2 Å². The smallest absolute Gasteiger partial charge is 0.325 e. The first-order chi connectivity index (χ1) is 16.6. The summed E-state index contributed by atoms with van der Waals surface area (Å²) in [5.41, 5.74) is 7.96. The van der Waals surface area contributed by atoms with E-state index in [9.17, 15) is 9.70 Å². The van der Waals surface area contributed by atoms with Crippen LogP contribution in [0.25, 0.3) is 0 Å². The fraction of sp³-hybridized carbons (Fsp3) is 0.240. The van der Waals surface area contributed by atoms with Gasteiger partial charge in [0.15, 0.2) is 18.6 Å². The molecule has 176 valence electrons. The molecule has 9 nitrogen and oxygen atoms in total. The van der Waals surface area contributed by atoms with Crippen molar-refractivity contribution in [1.82, 2.24) is 4.90 Å². The normalized spacial score (nSPS) is 11.7. The van der Waals surface area contributed by atoms with E-state index in [0.29, 0.717) is 39.9 Å². The molecule has 1 amide bonds. The summed E-state index contributed by atoms with van der Waals surface area (Å²) in [7, 11) is 1.27. The SMILES string of the molecule is CO[N+](=O)c1cc2c(cc1CN(CCN)C(=O)c1ccccc1OCc1ccccc1)OCO2. The fourth-order valence-corrected chi connectivity index (χ4v) is 3.66. The van der Waals surface area contributed by atoms with E-state index in [0.717, 1.165) is 5.56 Å². The summed E-state index contributed by atoms with van der Waals surface area (Å²) >= 11 is 0. The number of ether oxygens (including phenoxy) is 3.